The fourth-order valence-electron chi connectivity index (χ4n) is 5.31. The summed E-state index contributed by atoms with van der Waals surface area (Å²) < 4.78 is 14.3. The van der Waals surface area contributed by atoms with Gasteiger partial charge in [-0.3, -0.25) is 9.36 Å². The lowest BCUT2D eigenvalue weighted by atomic mass is 9.67. The van der Waals surface area contributed by atoms with Crippen LogP contribution in [-0.2, 0) is 15.8 Å². The van der Waals surface area contributed by atoms with Gasteiger partial charge in [0.15, 0.2) is 0 Å². The predicted octanol–water partition coefficient (Wildman–Crippen LogP) is 6.43. The Bertz CT molecular complexity index is 1120. The summed E-state index contributed by atoms with van der Waals surface area (Å²) in [5.74, 6) is -2.14. The van der Waals surface area contributed by atoms with Crippen LogP contribution in [0.4, 0.5) is 0 Å². The molecule has 3 aromatic rings. The highest BCUT2D eigenvalue weighted by Crippen LogP contribution is 2.69. The third-order valence-electron chi connectivity index (χ3n) is 6.77. The van der Waals surface area contributed by atoms with Crippen molar-refractivity contribution in [3.05, 3.63) is 71.9 Å². The lowest BCUT2D eigenvalue weighted by Gasteiger charge is -2.51. The van der Waals surface area contributed by atoms with Gasteiger partial charge in [-0.05, 0) is 35.4 Å². The van der Waals surface area contributed by atoms with Crippen molar-refractivity contribution < 1.29 is 19.4 Å². The molecule has 2 aromatic carbocycles. The molecule has 3 N–H and O–H groups in total. The number of para-hydroxylation sites is 1. The molecular weight excluding hydrogens is 421 g/mol. The molecule has 0 radical (unpaired) electrons. The van der Waals surface area contributed by atoms with E-state index < -0.39 is 29.8 Å². The number of H-pyrrole nitrogens is 1. The Labute approximate surface area is 190 Å². The van der Waals surface area contributed by atoms with Crippen LogP contribution >= 0.6 is 7.37 Å². The molecule has 172 valence electrons. The van der Waals surface area contributed by atoms with E-state index in [1.54, 1.807) is 24.3 Å². The van der Waals surface area contributed by atoms with Gasteiger partial charge in [0.1, 0.15) is 0 Å². The number of aliphatic carboxylic acids is 1. The normalized spacial score (nSPS) is 16.9. The fourth-order valence-corrected chi connectivity index (χ4v) is 8.54. The van der Waals surface area contributed by atoms with Crippen molar-refractivity contribution >= 4 is 24.2 Å². The fraction of sp³-hybridized carbons (Fsp3) is 0.423. The van der Waals surface area contributed by atoms with E-state index in [0.29, 0.717) is 24.8 Å². The monoisotopic (exact) mass is 455 g/mol. The van der Waals surface area contributed by atoms with Crippen molar-refractivity contribution in [3.63, 3.8) is 0 Å². The minimum Gasteiger partial charge on any atom is -0.481 e. The SMILES string of the molecule is CCCC(C(C(=O)O)c1ccccc1)(C(C)(C)C)P(=O)(O)CCc1c[nH]c2ccccc12. The van der Waals surface area contributed by atoms with Crippen LogP contribution in [0.2, 0.25) is 0 Å². The summed E-state index contributed by atoms with van der Waals surface area (Å²) in [6, 6.07) is 16.8. The highest BCUT2D eigenvalue weighted by atomic mass is 31.2. The quantitative estimate of drug-likeness (QED) is 0.324. The van der Waals surface area contributed by atoms with E-state index >= 15 is 0 Å². The van der Waals surface area contributed by atoms with Crippen molar-refractivity contribution in [1.29, 1.82) is 0 Å². The molecule has 0 spiro atoms. The van der Waals surface area contributed by atoms with E-state index in [4.69, 9.17) is 0 Å². The van der Waals surface area contributed by atoms with Gasteiger partial charge in [-0.15, -0.1) is 0 Å². The number of aromatic amines is 1. The lowest BCUT2D eigenvalue weighted by Crippen LogP contribution is -2.51. The van der Waals surface area contributed by atoms with Crippen LogP contribution in [0.1, 0.15) is 57.6 Å². The molecule has 0 fully saturated rings. The zero-order valence-electron chi connectivity index (χ0n) is 19.3. The number of aromatic nitrogens is 1. The average Bonchev–Trinajstić information content (AvgIpc) is 3.15. The zero-order valence-corrected chi connectivity index (χ0v) is 20.2. The summed E-state index contributed by atoms with van der Waals surface area (Å²) in [6.07, 6.45) is 3.29. The second-order valence-electron chi connectivity index (χ2n) is 9.64. The number of rotatable bonds is 9. The maximum atomic E-state index is 14.3. The number of nitrogens with one attached hydrogen (secondary N) is 1. The third kappa shape index (κ3) is 4.29. The van der Waals surface area contributed by atoms with E-state index in [1.807, 2.05) is 64.2 Å². The summed E-state index contributed by atoms with van der Waals surface area (Å²) >= 11 is 0. The summed E-state index contributed by atoms with van der Waals surface area (Å²) in [5.41, 5.74) is 1.82. The van der Waals surface area contributed by atoms with Crippen molar-refractivity contribution in [1.82, 2.24) is 4.98 Å². The number of fused-ring (bicyclic) bond motifs is 1. The number of hydrogen-bond acceptors (Lipinski definition) is 2. The number of carboxylic acids is 1. The van der Waals surface area contributed by atoms with Crippen LogP contribution in [-0.4, -0.2) is 32.3 Å². The van der Waals surface area contributed by atoms with Gasteiger partial charge >= 0.3 is 5.97 Å². The van der Waals surface area contributed by atoms with Gasteiger partial charge in [0.25, 0.3) is 0 Å². The van der Waals surface area contributed by atoms with E-state index in [1.165, 1.54) is 0 Å². The number of carboxylic acid groups (broad SMARTS) is 1. The molecule has 3 atom stereocenters. The van der Waals surface area contributed by atoms with Crippen LogP contribution < -0.4 is 0 Å². The van der Waals surface area contributed by atoms with Gasteiger partial charge in [-0.25, -0.2) is 0 Å². The van der Waals surface area contributed by atoms with Crippen molar-refractivity contribution in [2.75, 3.05) is 6.16 Å². The molecule has 0 saturated heterocycles. The standard InChI is InChI=1S/C26H34NO4P/c1-5-16-26(25(2,3)4,23(24(28)29)19-11-7-6-8-12-19)32(30,31)17-15-20-18-27-22-14-10-9-13-21(20)22/h6-14,18,23,27H,5,15-17H2,1-4H3,(H,28,29)(H,30,31). The van der Waals surface area contributed by atoms with E-state index in [-0.39, 0.29) is 6.16 Å². The second kappa shape index (κ2) is 9.25. The van der Waals surface area contributed by atoms with Gasteiger partial charge in [0.2, 0.25) is 7.37 Å². The summed E-state index contributed by atoms with van der Waals surface area (Å²) in [4.78, 5) is 27.6. The van der Waals surface area contributed by atoms with Crippen LogP contribution in [0.25, 0.3) is 10.9 Å². The Hall–Kier alpha value is -2.36. The molecule has 0 aliphatic rings. The van der Waals surface area contributed by atoms with Crippen molar-refractivity contribution in [2.45, 2.75) is 58.0 Å². The Morgan fingerprint density at radius 3 is 2.28 bits per heavy atom. The van der Waals surface area contributed by atoms with Crippen LogP contribution in [0.5, 0.6) is 0 Å². The Kier molecular flexibility index (Phi) is 7.02. The summed E-state index contributed by atoms with van der Waals surface area (Å²) in [6.45, 7) is 7.65. The largest absolute Gasteiger partial charge is 0.481 e. The zero-order chi connectivity index (χ0) is 23.6. The molecule has 1 aromatic heterocycles. The Balaban J connectivity index is 2.11. The number of benzene rings is 2. The number of aryl methyl sites for hydroxylation is 1. The van der Waals surface area contributed by atoms with Gasteiger partial charge in [-0.1, -0.05) is 82.6 Å². The first-order valence-electron chi connectivity index (χ1n) is 11.2. The van der Waals surface area contributed by atoms with E-state index in [9.17, 15) is 19.4 Å². The van der Waals surface area contributed by atoms with Gasteiger partial charge in [-0.2, -0.15) is 0 Å². The average molecular weight is 456 g/mol. The molecule has 0 saturated carbocycles. The molecule has 0 aliphatic carbocycles. The first-order valence-corrected chi connectivity index (χ1v) is 13.0. The topological polar surface area (TPSA) is 90.4 Å². The van der Waals surface area contributed by atoms with Crippen molar-refractivity contribution in [2.24, 2.45) is 5.41 Å². The molecule has 0 amide bonds. The van der Waals surface area contributed by atoms with Gasteiger partial charge in [0, 0.05) is 23.3 Å². The summed E-state index contributed by atoms with van der Waals surface area (Å²) in [5, 5.41) is 10.1. The van der Waals surface area contributed by atoms with Crippen LogP contribution in [0.3, 0.4) is 0 Å². The molecule has 1 heterocycles. The molecule has 32 heavy (non-hydrogen) atoms. The molecule has 0 bridgehead atoms. The first kappa shape index (κ1) is 24.3. The maximum Gasteiger partial charge on any atom is 0.312 e. The molecule has 5 nitrogen and oxygen atoms in total. The third-order valence-corrected chi connectivity index (χ3v) is 10.00. The Morgan fingerprint density at radius 1 is 1.06 bits per heavy atom. The van der Waals surface area contributed by atoms with Crippen molar-refractivity contribution in [3.8, 4) is 0 Å². The summed E-state index contributed by atoms with van der Waals surface area (Å²) in [7, 11) is -3.96. The molecule has 3 rings (SSSR count). The molecule has 6 heteroatoms. The first-order chi connectivity index (χ1) is 15.0. The lowest BCUT2D eigenvalue weighted by molar-refractivity contribution is -0.141. The predicted molar refractivity (Wildman–Crippen MR) is 131 cm³/mol. The highest BCUT2D eigenvalue weighted by molar-refractivity contribution is 7.59. The number of carbonyl (C=O) groups is 1. The minimum absolute atomic E-state index is 0.0305. The number of hydrogen-bond donors (Lipinski definition) is 3. The highest BCUT2D eigenvalue weighted by Gasteiger charge is 2.61. The minimum atomic E-state index is -3.96. The molecule has 0 aliphatic heterocycles. The van der Waals surface area contributed by atoms with Crippen LogP contribution in [0, 0.1) is 5.41 Å². The van der Waals surface area contributed by atoms with Gasteiger partial charge < -0.3 is 15.0 Å². The molecule has 3 unspecified atom stereocenters. The maximum absolute atomic E-state index is 14.3. The second-order valence-corrected chi connectivity index (χ2v) is 12.3. The van der Waals surface area contributed by atoms with E-state index in [2.05, 4.69) is 4.98 Å². The van der Waals surface area contributed by atoms with Gasteiger partial charge in [0.05, 0.1) is 11.1 Å². The van der Waals surface area contributed by atoms with E-state index in [0.717, 1.165) is 16.5 Å². The molecular formula is C26H34NO4P. The smallest absolute Gasteiger partial charge is 0.312 e. The van der Waals surface area contributed by atoms with Crippen LogP contribution in [0.15, 0.2) is 60.8 Å². The Morgan fingerprint density at radius 2 is 1.69 bits per heavy atom.